The summed E-state index contributed by atoms with van der Waals surface area (Å²) in [7, 11) is 0. The highest BCUT2D eigenvalue weighted by Crippen LogP contribution is 2.39. The number of nitrogens with zero attached hydrogens (tertiary/aromatic N) is 2. The first-order chi connectivity index (χ1) is 12.2. The van der Waals surface area contributed by atoms with E-state index in [1.165, 1.54) is 33.0 Å². The van der Waals surface area contributed by atoms with Crippen LogP contribution in [0.4, 0.5) is 0 Å². The lowest BCUT2D eigenvalue weighted by molar-refractivity contribution is -0.163. The summed E-state index contributed by atoms with van der Waals surface area (Å²) in [6, 6.07) is 1.45. The van der Waals surface area contributed by atoms with E-state index in [-0.39, 0.29) is 12.5 Å². The van der Waals surface area contributed by atoms with Crippen LogP contribution in [0.15, 0.2) is 17.1 Å². The summed E-state index contributed by atoms with van der Waals surface area (Å²) in [5, 5.41) is 10.9. The number of hydrogen-bond donors (Lipinski definition) is 1. The third-order valence-corrected chi connectivity index (χ3v) is 3.81. The maximum atomic E-state index is 12.3. The van der Waals surface area contributed by atoms with Crippen molar-refractivity contribution in [3.8, 4) is 5.88 Å². The number of aromatic nitrogens is 2. The van der Waals surface area contributed by atoms with Crippen molar-refractivity contribution in [3.05, 3.63) is 22.7 Å². The van der Waals surface area contributed by atoms with Crippen molar-refractivity contribution < 1.29 is 33.6 Å². The summed E-state index contributed by atoms with van der Waals surface area (Å²) in [5.41, 5.74) is -2.48. The standard InChI is InChI=1S/C16H22N2O8/c1-5-23-12-6-7-18(15(21)17-12)14-16(4,22)13(25-10(3)20)11(26-14)8-24-9(2)19/h6-7,11,13-14,22H,5,8H2,1-4H3/t11-,13+,14-,16?/m1/s1. The highest BCUT2D eigenvalue weighted by Gasteiger charge is 2.56. The second-order valence-corrected chi connectivity index (χ2v) is 5.97. The molecule has 144 valence electrons. The van der Waals surface area contributed by atoms with Gasteiger partial charge in [0.25, 0.3) is 0 Å². The minimum absolute atomic E-state index is 0.138. The number of esters is 2. The quantitative estimate of drug-likeness (QED) is 0.676. The first-order valence-corrected chi connectivity index (χ1v) is 8.07. The molecule has 10 nitrogen and oxygen atoms in total. The second kappa shape index (κ2) is 7.83. The van der Waals surface area contributed by atoms with Crippen molar-refractivity contribution in [2.45, 2.75) is 51.7 Å². The Morgan fingerprint density at radius 2 is 2.08 bits per heavy atom. The third-order valence-electron chi connectivity index (χ3n) is 3.81. The Hall–Kier alpha value is -2.46. The van der Waals surface area contributed by atoms with E-state index in [1.807, 2.05) is 0 Å². The van der Waals surface area contributed by atoms with Gasteiger partial charge in [0.05, 0.1) is 6.61 Å². The largest absolute Gasteiger partial charge is 0.478 e. The maximum Gasteiger partial charge on any atom is 0.353 e. The highest BCUT2D eigenvalue weighted by atomic mass is 16.6. The van der Waals surface area contributed by atoms with Crippen LogP contribution < -0.4 is 10.4 Å². The molecule has 0 bridgehead atoms. The number of carbonyl (C=O) groups is 2. The number of hydrogen-bond acceptors (Lipinski definition) is 9. The molecule has 1 aliphatic rings. The molecule has 1 fully saturated rings. The smallest absolute Gasteiger partial charge is 0.353 e. The van der Waals surface area contributed by atoms with Crippen molar-refractivity contribution >= 4 is 11.9 Å². The average Bonchev–Trinajstić information content (AvgIpc) is 2.77. The van der Waals surface area contributed by atoms with Crippen LogP contribution in [0.3, 0.4) is 0 Å². The van der Waals surface area contributed by atoms with Gasteiger partial charge in [-0.1, -0.05) is 0 Å². The molecule has 0 spiro atoms. The first kappa shape index (κ1) is 19.9. The van der Waals surface area contributed by atoms with E-state index in [0.717, 1.165) is 4.57 Å². The van der Waals surface area contributed by atoms with Crippen LogP contribution in [0, 0.1) is 0 Å². The van der Waals surface area contributed by atoms with Crippen molar-refractivity contribution in [2.75, 3.05) is 13.2 Å². The fourth-order valence-corrected chi connectivity index (χ4v) is 2.74. The maximum absolute atomic E-state index is 12.3. The SMILES string of the molecule is CCOc1ccn([C@@H]2O[C@H](COC(C)=O)[C@H](OC(C)=O)C2(C)O)c(=O)n1. The molecule has 10 heteroatoms. The van der Waals surface area contributed by atoms with Gasteiger partial charge >= 0.3 is 17.6 Å². The summed E-state index contributed by atoms with van der Waals surface area (Å²) in [5.74, 6) is -1.07. The van der Waals surface area contributed by atoms with E-state index in [4.69, 9.17) is 18.9 Å². The molecule has 0 saturated carbocycles. The van der Waals surface area contributed by atoms with E-state index in [0.29, 0.717) is 6.61 Å². The number of aliphatic hydroxyl groups is 1. The highest BCUT2D eigenvalue weighted by molar-refractivity contribution is 5.66. The molecule has 2 heterocycles. The number of ether oxygens (including phenoxy) is 4. The van der Waals surface area contributed by atoms with Gasteiger partial charge in [-0.25, -0.2) is 4.79 Å². The first-order valence-electron chi connectivity index (χ1n) is 8.07. The van der Waals surface area contributed by atoms with Crippen molar-refractivity contribution in [1.29, 1.82) is 0 Å². The molecule has 0 amide bonds. The van der Waals surface area contributed by atoms with Crippen LogP contribution >= 0.6 is 0 Å². The molecule has 1 aromatic rings. The van der Waals surface area contributed by atoms with Crippen LogP contribution in [-0.2, 0) is 23.8 Å². The summed E-state index contributed by atoms with van der Waals surface area (Å²) >= 11 is 0. The number of rotatable bonds is 6. The molecule has 1 unspecified atom stereocenters. The predicted octanol–water partition coefficient (Wildman–Crippen LogP) is -0.215. The Kier molecular flexibility index (Phi) is 5.98. The van der Waals surface area contributed by atoms with Crippen LogP contribution in [0.2, 0.25) is 0 Å². The Morgan fingerprint density at radius 1 is 1.38 bits per heavy atom. The Morgan fingerprint density at radius 3 is 2.62 bits per heavy atom. The van der Waals surface area contributed by atoms with Crippen molar-refractivity contribution in [3.63, 3.8) is 0 Å². The molecule has 1 N–H and O–H groups in total. The Bertz CT molecular complexity index is 729. The predicted molar refractivity (Wildman–Crippen MR) is 86.4 cm³/mol. The van der Waals surface area contributed by atoms with Gasteiger partial charge in [-0.15, -0.1) is 0 Å². The monoisotopic (exact) mass is 370 g/mol. The van der Waals surface area contributed by atoms with E-state index in [2.05, 4.69) is 4.98 Å². The third kappa shape index (κ3) is 4.20. The fourth-order valence-electron chi connectivity index (χ4n) is 2.74. The fraction of sp³-hybridized carbons (Fsp3) is 0.625. The van der Waals surface area contributed by atoms with Crippen LogP contribution in [-0.4, -0.2) is 57.6 Å². The molecule has 26 heavy (non-hydrogen) atoms. The van der Waals surface area contributed by atoms with Gasteiger partial charge in [-0.3, -0.25) is 14.2 Å². The Balaban J connectivity index is 2.34. The summed E-state index contributed by atoms with van der Waals surface area (Å²) in [4.78, 5) is 38.5. The minimum Gasteiger partial charge on any atom is -0.478 e. The van der Waals surface area contributed by atoms with Gasteiger partial charge in [0, 0.05) is 26.1 Å². The molecular formula is C16H22N2O8. The van der Waals surface area contributed by atoms with Gasteiger partial charge in [0.15, 0.2) is 12.3 Å². The summed E-state index contributed by atoms with van der Waals surface area (Å²) in [6.07, 6.45) is -1.95. The Labute approximate surface area is 149 Å². The van der Waals surface area contributed by atoms with Crippen molar-refractivity contribution in [1.82, 2.24) is 9.55 Å². The topological polar surface area (TPSA) is 126 Å². The molecule has 2 rings (SSSR count). The zero-order valence-corrected chi connectivity index (χ0v) is 15.0. The van der Waals surface area contributed by atoms with Gasteiger partial charge in [-0.05, 0) is 13.8 Å². The minimum atomic E-state index is -1.77. The van der Waals surface area contributed by atoms with E-state index in [9.17, 15) is 19.5 Å². The molecule has 0 aliphatic carbocycles. The van der Waals surface area contributed by atoms with Crippen molar-refractivity contribution in [2.24, 2.45) is 0 Å². The van der Waals surface area contributed by atoms with Crippen LogP contribution in [0.5, 0.6) is 5.88 Å². The lowest BCUT2D eigenvalue weighted by atomic mass is 9.96. The summed E-state index contributed by atoms with van der Waals surface area (Å²) < 4.78 is 22.0. The van der Waals surface area contributed by atoms with Gasteiger partial charge in [0.1, 0.15) is 18.3 Å². The molecular weight excluding hydrogens is 348 g/mol. The molecule has 1 aliphatic heterocycles. The van der Waals surface area contributed by atoms with E-state index >= 15 is 0 Å². The van der Waals surface area contributed by atoms with E-state index < -0.39 is 41.7 Å². The summed E-state index contributed by atoms with van der Waals surface area (Å²) in [6.45, 7) is 5.60. The van der Waals surface area contributed by atoms with Gasteiger partial charge < -0.3 is 24.1 Å². The molecule has 1 saturated heterocycles. The molecule has 0 aromatic carbocycles. The zero-order valence-electron chi connectivity index (χ0n) is 15.0. The van der Waals surface area contributed by atoms with Crippen LogP contribution in [0.1, 0.15) is 33.9 Å². The van der Waals surface area contributed by atoms with Crippen LogP contribution in [0.25, 0.3) is 0 Å². The lowest BCUT2D eigenvalue weighted by Crippen LogP contribution is -2.48. The van der Waals surface area contributed by atoms with Gasteiger partial charge in [-0.2, -0.15) is 4.98 Å². The second-order valence-electron chi connectivity index (χ2n) is 5.97. The zero-order chi connectivity index (χ0) is 19.5. The van der Waals surface area contributed by atoms with E-state index in [1.54, 1.807) is 6.92 Å². The number of carbonyl (C=O) groups excluding carboxylic acids is 2. The lowest BCUT2D eigenvalue weighted by Gasteiger charge is -2.29. The average molecular weight is 370 g/mol. The van der Waals surface area contributed by atoms with Gasteiger partial charge in [0.2, 0.25) is 5.88 Å². The molecule has 4 atom stereocenters. The normalized spacial score (nSPS) is 27.8. The molecule has 1 aromatic heterocycles. The molecule has 0 radical (unpaired) electrons.